The summed E-state index contributed by atoms with van der Waals surface area (Å²) in [7, 11) is 0. The van der Waals surface area contributed by atoms with Crippen LogP contribution in [-0.4, -0.2) is 10.9 Å². The van der Waals surface area contributed by atoms with Crippen molar-refractivity contribution in [3.63, 3.8) is 0 Å². The van der Waals surface area contributed by atoms with E-state index in [9.17, 15) is 4.79 Å². The molecule has 1 heterocycles. The highest BCUT2D eigenvalue weighted by atomic mass is 32.1. The van der Waals surface area contributed by atoms with Crippen molar-refractivity contribution in [3.05, 3.63) is 41.2 Å². The van der Waals surface area contributed by atoms with E-state index in [2.05, 4.69) is 6.58 Å². The summed E-state index contributed by atoms with van der Waals surface area (Å²) in [5, 5.41) is 0. The van der Waals surface area contributed by atoms with Gasteiger partial charge in [0.25, 0.3) is 0 Å². The number of aromatic nitrogens is 1. The van der Waals surface area contributed by atoms with Crippen molar-refractivity contribution in [2.75, 3.05) is 0 Å². The summed E-state index contributed by atoms with van der Waals surface area (Å²) in [5.74, 6) is 0. The van der Waals surface area contributed by atoms with Crippen molar-refractivity contribution in [3.8, 4) is 0 Å². The van der Waals surface area contributed by atoms with Crippen LogP contribution in [0.25, 0.3) is 0 Å². The van der Waals surface area contributed by atoms with E-state index in [4.69, 9.17) is 12.2 Å². The van der Waals surface area contributed by atoms with Crippen molar-refractivity contribution in [1.29, 1.82) is 0 Å². The lowest BCUT2D eigenvalue weighted by atomic mass is 10.3. The van der Waals surface area contributed by atoms with Crippen molar-refractivity contribution in [2.24, 2.45) is 0 Å². The van der Waals surface area contributed by atoms with Gasteiger partial charge in [0.15, 0.2) is 6.29 Å². The number of hydrogen-bond acceptors (Lipinski definition) is 2. The number of nitrogens with zero attached hydrogens (tertiary/aromatic N) is 1. The molecule has 0 N–H and O–H groups in total. The van der Waals surface area contributed by atoms with Crippen molar-refractivity contribution < 1.29 is 4.79 Å². The van der Waals surface area contributed by atoms with Crippen LogP contribution in [0, 0.1) is 4.64 Å². The van der Waals surface area contributed by atoms with Crippen LogP contribution in [0.5, 0.6) is 0 Å². The van der Waals surface area contributed by atoms with Gasteiger partial charge in [0.2, 0.25) is 0 Å². The summed E-state index contributed by atoms with van der Waals surface area (Å²) in [6, 6.07) is 3.50. The lowest BCUT2D eigenvalue weighted by Crippen LogP contribution is -1.99. The quantitative estimate of drug-likeness (QED) is 0.403. The topological polar surface area (TPSA) is 22.0 Å². The van der Waals surface area contributed by atoms with Gasteiger partial charge in [-0.05, 0) is 12.1 Å². The molecule has 0 saturated carbocycles. The third-order valence-corrected chi connectivity index (χ3v) is 1.97. The predicted octanol–water partition coefficient (Wildman–Crippen LogP) is 2.22. The first-order valence-corrected chi connectivity index (χ1v) is 3.96. The van der Waals surface area contributed by atoms with Crippen LogP contribution in [0.1, 0.15) is 10.4 Å². The molecule has 0 unspecified atom stereocenters. The average Bonchev–Trinajstić information content (AvgIpc) is 2.09. The third kappa shape index (κ3) is 1.68. The minimum Gasteiger partial charge on any atom is -0.335 e. The van der Waals surface area contributed by atoms with Gasteiger partial charge < -0.3 is 4.57 Å². The summed E-state index contributed by atoms with van der Waals surface area (Å²) in [6.07, 6.45) is 4.34. The van der Waals surface area contributed by atoms with Gasteiger partial charge >= 0.3 is 0 Å². The number of carbonyl (C=O) groups excluding carboxylic acids is 1. The number of pyridine rings is 1. The van der Waals surface area contributed by atoms with Crippen molar-refractivity contribution >= 4 is 18.5 Å². The SMILES string of the molecule is C=CCn1cccc(C=O)c1=S. The van der Waals surface area contributed by atoms with Crippen molar-refractivity contribution in [1.82, 2.24) is 4.57 Å². The summed E-state index contributed by atoms with van der Waals surface area (Å²) >= 11 is 5.04. The molecule has 0 radical (unpaired) electrons. The molecule has 0 aliphatic carbocycles. The van der Waals surface area contributed by atoms with Gasteiger partial charge in [-0.1, -0.05) is 18.3 Å². The first kappa shape index (κ1) is 8.87. The second kappa shape index (κ2) is 3.97. The van der Waals surface area contributed by atoms with E-state index in [1.165, 1.54) is 0 Å². The van der Waals surface area contributed by atoms with Gasteiger partial charge in [-0.2, -0.15) is 0 Å². The Morgan fingerprint density at radius 1 is 1.67 bits per heavy atom. The van der Waals surface area contributed by atoms with Gasteiger partial charge in [0.1, 0.15) is 4.64 Å². The number of aldehydes is 1. The zero-order valence-electron chi connectivity index (χ0n) is 6.56. The molecule has 1 aromatic rings. The third-order valence-electron chi connectivity index (χ3n) is 1.50. The Morgan fingerprint density at radius 2 is 2.42 bits per heavy atom. The van der Waals surface area contributed by atoms with Gasteiger partial charge in [0.05, 0.1) is 0 Å². The minimum absolute atomic E-state index is 0.550. The number of hydrogen-bond donors (Lipinski definition) is 0. The van der Waals surface area contributed by atoms with E-state index >= 15 is 0 Å². The normalized spacial score (nSPS) is 9.33. The lowest BCUT2D eigenvalue weighted by Gasteiger charge is -2.02. The maximum Gasteiger partial charge on any atom is 0.153 e. The van der Waals surface area contributed by atoms with Crippen LogP contribution in [-0.2, 0) is 6.54 Å². The summed E-state index contributed by atoms with van der Waals surface area (Å²) in [5.41, 5.74) is 0.550. The van der Waals surface area contributed by atoms with E-state index in [0.717, 1.165) is 6.29 Å². The highest BCUT2D eigenvalue weighted by molar-refractivity contribution is 7.71. The Kier molecular flexibility index (Phi) is 2.94. The Bertz CT molecular complexity index is 354. The van der Waals surface area contributed by atoms with E-state index in [1.807, 2.05) is 6.20 Å². The molecule has 1 aromatic heterocycles. The Hall–Kier alpha value is -1.22. The number of allylic oxidation sites excluding steroid dienone is 1. The highest BCUT2D eigenvalue weighted by Crippen LogP contribution is 2.00. The molecule has 0 aliphatic rings. The Labute approximate surface area is 76.2 Å². The van der Waals surface area contributed by atoms with Gasteiger partial charge in [-0.3, -0.25) is 4.79 Å². The number of carbonyl (C=O) groups is 1. The molecule has 0 atom stereocenters. The van der Waals surface area contributed by atoms with E-state index in [0.29, 0.717) is 16.7 Å². The molecule has 0 bridgehead atoms. The summed E-state index contributed by atoms with van der Waals surface area (Å²) in [6.45, 7) is 4.24. The zero-order valence-corrected chi connectivity index (χ0v) is 7.38. The van der Waals surface area contributed by atoms with Crippen LogP contribution in [0.4, 0.5) is 0 Å². The maximum absolute atomic E-state index is 10.5. The second-order valence-electron chi connectivity index (χ2n) is 2.33. The van der Waals surface area contributed by atoms with Crippen molar-refractivity contribution in [2.45, 2.75) is 6.54 Å². The molecule has 0 fully saturated rings. The number of rotatable bonds is 3. The second-order valence-corrected chi connectivity index (χ2v) is 2.71. The van der Waals surface area contributed by atoms with Gasteiger partial charge in [-0.25, -0.2) is 0 Å². The van der Waals surface area contributed by atoms with E-state index in [-0.39, 0.29) is 0 Å². The summed E-state index contributed by atoms with van der Waals surface area (Å²) in [4.78, 5) is 10.5. The summed E-state index contributed by atoms with van der Waals surface area (Å²) < 4.78 is 2.36. The average molecular weight is 179 g/mol. The first-order chi connectivity index (χ1) is 5.79. The molecular weight excluding hydrogens is 170 g/mol. The van der Waals surface area contributed by atoms with E-state index in [1.54, 1.807) is 22.8 Å². The zero-order chi connectivity index (χ0) is 8.97. The largest absolute Gasteiger partial charge is 0.335 e. The smallest absolute Gasteiger partial charge is 0.153 e. The fourth-order valence-electron chi connectivity index (χ4n) is 0.928. The lowest BCUT2D eigenvalue weighted by molar-refractivity contribution is 0.112. The van der Waals surface area contributed by atoms with E-state index < -0.39 is 0 Å². The molecule has 2 nitrogen and oxygen atoms in total. The molecular formula is C9H9NOS. The first-order valence-electron chi connectivity index (χ1n) is 3.55. The molecule has 3 heteroatoms. The monoisotopic (exact) mass is 179 g/mol. The molecule has 12 heavy (non-hydrogen) atoms. The molecule has 0 amide bonds. The maximum atomic E-state index is 10.5. The fourth-order valence-corrected chi connectivity index (χ4v) is 1.18. The molecule has 0 saturated heterocycles. The molecule has 0 aromatic carbocycles. The van der Waals surface area contributed by atoms with Crippen LogP contribution in [0.15, 0.2) is 31.0 Å². The predicted molar refractivity (Wildman–Crippen MR) is 50.9 cm³/mol. The molecule has 1 rings (SSSR count). The fraction of sp³-hybridized carbons (Fsp3) is 0.111. The van der Waals surface area contributed by atoms with Crippen LogP contribution < -0.4 is 0 Å². The minimum atomic E-state index is 0.550. The molecule has 0 aliphatic heterocycles. The molecule has 62 valence electrons. The standard InChI is InChI=1S/C9H9NOS/c1-2-5-10-6-3-4-8(7-11)9(10)12/h2-4,6-7H,1,5H2. The molecule has 0 spiro atoms. The van der Waals surface area contributed by atoms with Gasteiger partial charge in [-0.15, -0.1) is 6.58 Å². The van der Waals surface area contributed by atoms with Gasteiger partial charge in [0, 0.05) is 18.3 Å². The van der Waals surface area contributed by atoms with Crippen LogP contribution in [0.2, 0.25) is 0 Å². The Balaban J connectivity index is 3.22. The Morgan fingerprint density at radius 3 is 3.00 bits per heavy atom. The van der Waals surface area contributed by atoms with Crippen LogP contribution in [0.3, 0.4) is 0 Å². The highest BCUT2D eigenvalue weighted by Gasteiger charge is 1.94. The van der Waals surface area contributed by atoms with Crippen LogP contribution >= 0.6 is 12.2 Å².